The molecule has 0 aliphatic carbocycles. The fourth-order valence-corrected chi connectivity index (χ4v) is 2.72. The zero-order valence-corrected chi connectivity index (χ0v) is 15.7. The van der Waals surface area contributed by atoms with Gasteiger partial charge in [0.15, 0.2) is 5.69 Å². The molecule has 144 valence electrons. The van der Waals surface area contributed by atoms with E-state index in [1.807, 2.05) is 13.8 Å². The highest BCUT2D eigenvalue weighted by Crippen LogP contribution is 2.17. The van der Waals surface area contributed by atoms with E-state index in [-0.39, 0.29) is 23.5 Å². The number of benzene rings is 1. The number of rotatable bonds is 5. The topological polar surface area (TPSA) is 102 Å². The summed E-state index contributed by atoms with van der Waals surface area (Å²) in [6.07, 6.45) is 1.66. The monoisotopic (exact) mass is 380 g/mol. The molecule has 3 aromatic rings. The normalized spacial score (nSPS) is 10.7. The number of esters is 1. The third kappa shape index (κ3) is 3.85. The van der Waals surface area contributed by atoms with Crippen molar-refractivity contribution < 1.29 is 19.1 Å². The number of methoxy groups -OCH3 is 1. The number of ether oxygens (including phenoxy) is 1. The van der Waals surface area contributed by atoms with Crippen molar-refractivity contribution in [2.45, 2.75) is 19.9 Å². The van der Waals surface area contributed by atoms with Crippen molar-refractivity contribution in [2.75, 3.05) is 12.4 Å². The quantitative estimate of drug-likeness (QED) is 0.662. The SMILES string of the molecule is COC(=O)c1cccc(NC(=O)c2nc(C(=O)NC(C)C)c3ccccn23)c1. The molecule has 0 saturated heterocycles. The Hall–Kier alpha value is -3.68. The molecule has 0 saturated carbocycles. The molecule has 2 aromatic heterocycles. The van der Waals surface area contributed by atoms with Crippen LogP contribution in [0.3, 0.4) is 0 Å². The van der Waals surface area contributed by atoms with Crippen molar-refractivity contribution in [1.82, 2.24) is 14.7 Å². The van der Waals surface area contributed by atoms with Crippen LogP contribution in [0.4, 0.5) is 5.69 Å². The average Bonchev–Trinajstić information content (AvgIpc) is 3.07. The van der Waals surface area contributed by atoms with Crippen molar-refractivity contribution in [3.63, 3.8) is 0 Å². The number of imidazole rings is 1. The van der Waals surface area contributed by atoms with E-state index in [2.05, 4.69) is 20.4 Å². The van der Waals surface area contributed by atoms with Gasteiger partial charge in [-0.25, -0.2) is 9.78 Å². The van der Waals surface area contributed by atoms with Gasteiger partial charge in [-0.2, -0.15) is 0 Å². The van der Waals surface area contributed by atoms with Gasteiger partial charge in [0.05, 0.1) is 18.2 Å². The van der Waals surface area contributed by atoms with Crippen molar-refractivity contribution in [2.24, 2.45) is 0 Å². The van der Waals surface area contributed by atoms with Gasteiger partial charge in [0.2, 0.25) is 5.82 Å². The second-order valence-electron chi connectivity index (χ2n) is 6.39. The van der Waals surface area contributed by atoms with E-state index >= 15 is 0 Å². The molecule has 8 heteroatoms. The van der Waals surface area contributed by atoms with Crippen LogP contribution >= 0.6 is 0 Å². The summed E-state index contributed by atoms with van der Waals surface area (Å²) in [5, 5.41) is 5.48. The molecule has 2 N–H and O–H groups in total. The standard InChI is InChI=1S/C20H20N4O4/c1-12(2)21-18(25)16-15-9-4-5-10-24(15)17(23-16)19(26)22-14-8-6-7-13(11-14)20(27)28-3/h4-12H,1-3H3,(H,21,25)(H,22,26). The lowest BCUT2D eigenvalue weighted by Crippen LogP contribution is -2.30. The maximum absolute atomic E-state index is 12.8. The minimum atomic E-state index is -0.508. The summed E-state index contributed by atoms with van der Waals surface area (Å²) in [5.41, 5.74) is 1.41. The third-order valence-corrected chi connectivity index (χ3v) is 3.93. The largest absolute Gasteiger partial charge is 0.465 e. The van der Waals surface area contributed by atoms with E-state index in [4.69, 9.17) is 0 Å². The lowest BCUT2D eigenvalue weighted by molar-refractivity contribution is 0.0600. The first-order chi connectivity index (χ1) is 13.4. The zero-order valence-electron chi connectivity index (χ0n) is 15.7. The molecule has 28 heavy (non-hydrogen) atoms. The van der Waals surface area contributed by atoms with Gasteiger partial charge in [-0.1, -0.05) is 12.1 Å². The van der Waals surface area contributed by atoms with Gasteiger partial charge in [0.1, 0.15) is 0 Å². The first kappa shape index (κ1) is 19.1. The molecule has 0 atom stereocenters. The van der Waals surface area contributed by atoms with E-state index in [1.54, 1.807) is 47.0 Å². The molecule has 0 radical (unpaired) electrons. The molecule has 3 rings (SSSR count). The first-order valence-electron chi connectivity index (χ1n) is 8.68. The highest BCUT2D eigenvalue weighted by Gasteiger charge is 2.22. The summed E-state index contributed by atoms with van der Waals surface area (Å²) in [5.74, 6) is -1.31. The van der Waals surface area contributed by atoms with Crippen LogP contribution in [0.5, 0.6) is 0 Å². The van der Waals surface area contributed by atoms with Crippen LogP contribution in [-0.4, -0.2) is 40.3 Å². The lowest BCUT2D eigenvalue weighted by atomic mass is 10.2. The van der Waals surface area contributed by atoms with Gasteiger partial charge < -0.3 is 15.4 Å². The minimum Gasteiger partial charge on any atom is -0.465 e. The van der Waals surface area contributed by atoms with Gasteiger partial charge in [-0.05, 0) is 44.2 Å². The number of hydrogen-bond acceptors (Lipinski definition) is 5. The highest BCUT2D eigenvalue weighted by molar-refractivity contribution is 6.06. The Morgan fingerprint density at radius 3 is 2.57 bits per heavy atom. The summed E-state index contributed by atoms with van der Waals surface area (Å²) in [4.78, 5) is 41.2. The van der Waals surface area contributed by atoms with Crippen LogP contribution in [0.15, 0.2) is 48.7 Å². The van der Waals surface area contributed by atoms with Crippen LogP contribution in [0.2, 0.25) is 0 Å². The summed E-state index contributed by atoms with van der Waals surface area (Å²) in [6.45, 7) is 3.69. The molecule has 8 nitrogen and oxygen atoms in total. The summed E-state index contributed by atoms with van der Waals surface area (Å²) >= 11 is 0. The summed E-state index contributed by atoms with van der Waals surface area (Å²) < 4.78 is 6.24. The number of fused-ring (bicyclic) bond motifs is 1. The van der Waals surface area contributed by atoms with Crippen molar-refractivity contribution in [3.8, 4) is 0 Å². The van der Waals surface area contributed by atoms with Gasteiger partial charge in [0, 0.05) is 17.9 Å². The molecule has 0 unspecified atom stereocenters. The number of anilines is 1. The number of hydrogen-bond donors (Lipinski definition) is 2. The number of nitrogens with one attached hydrogen (secondary N) is 2. The van der Waals surface area contributed by atoms with E-state index < -0.39 is 11.9 Å². The van der Waals surface area contributed by atoms with Crippen LogP contribution in [0.1, 0.15) is 45.3 Å². The predicted octanol–water partition coefficient (Wildman–Crippen LogP) is 2.51. The van der Waals surface area contributed by atoms with Crippen molar-refractivity contribution >= 4 is 29.0 Å². The van der Waals surface area contributed by atoms with E-state index in [1.165, 1.54) is 13.2 Å². The van der Waals surface area contributed by atoms with Gasteiger partial charge in [-0.3, -0.25) is 14.0 Å². The zero-order chi connectivity index (χ0) is 20.3. The number of nitrogens with zero attached hydrogens (tertiary/aromatic N) is 2. The van der Waals surface area contributed by atoms with Crippen LogP contribution in [0, 0.1) is 0 Å². The van der Waals surface area contributed by atoms with Gasteiger partial charge >= 0.3 is 5.97 Å². The van der Waals surface area contributed by atoms with Crippen molar-refractivity contribution in [1.29, 1.82) is 0 Å². The summed E-state index contributed by atoms with van der Waals surface area (Å²) in [7, 11) is 1.29. The number of amides is 2. The Morgan fingerprint density at radius 1 is 1.07 bits per heavy atom. The van der Waals surface area contributed by atoms with E-state index in [0.717, 1.165) is 0 Å². The molecule has 1 aromatic carbocycles. The number of carbonyl (C=O) groups is 3. The predicted molar refractivity (Wildman–Crippen MR) is 104 cm³/mol. The molecule has 0 bridgehead atoms. The second-order valence-corrected chi connectivity index (χ2v) is 6.39. The Kier molecular flexibility index (Phi) is 5.39. The van der Waals surface area contributed by atoms with Crippen molar-refractivity contribution in [3.05, 3.63) is 65.7 Å². The average molecular weight is 380 g/mol. The molecule has 0 aliphatic heterocycles. The number of carbonyl (C=O) groups excluding carboxylic acids is 3. The van der Waals surface area contributed by atoms with E-state index in [9.17, 15) is 14.4 Å². The molecule has 2 amide bonds. The molecular formula is C20H20N4O4. The van der Waals surface area contributed by atoms with E-state index in [0.29, 0.717) is 16.8 Å². The van der Waals surface area contributed by atoms with Gasteiger partial charge in [0.25, 0.3) is 11.8 Å². The van der Waals surface area contributed by atoms with Crippen LogP contribution in [0.25, 0.3) is 5.52 Å². The van der Waals surface area contributed by atoms with Gasteiger partial charge in [-0.15, -0.1) is 0 Å². The Labute approximate surface area is 161 Å². The third-order valence-electron chi connectivity index (χ3n) is 3.93. The molecule has 0 spiro atoms. The smallest absolute Gasteiger partial charge is 0.337 e. The Balaban J connectivity index is 1.94. The first-order valence-corrected chi connectivity index (χ1v) is 8.68. The summed E-state index contributed by atoms with van der Waals surface area (Å²) in [6, 6.07) is 11.5. The molecule has 0 fully saturated rings. The fourth-order valence-electron chi connectivity index (χ4n) is 2.72. The Morgan fingerprint density at radius 2 is 1.86 bits per heavy atom. The Bertz CT molecular complexity index is 1060. The lowest BCUT2D eigenvalue weighted by Gasteiger charge is -2.06. The molecule has 2 heterocycles. The number of pyridine rings is 1. The number of aromatic nitrogens is 2. The molecular weight excluding hydrogens is 360 g/mol. The maximum Gasteiger partial charge on any atom is 0.337 e. The second kappa shape index (κ2) is 7.91. The highest BCUT2D eigenvalue weighted by atomic mass is 16.5. The van der Waals surface area contributed by atoms with Crippen LogP contribution in [-0.2, 0) is 4.74 Å². The maximum atomic E-state index is 12.8. The fraction of sp³-hybridized carbons (Fsp3) is 0.200. The molecule has 0 aliphatic rings. The minimum absolute atomic E-state index is 0.0629. The van der Waals surface area contributed by atoms with Crippen LogP contribution < -0.4 is 10.6 Å².